The van der Waals surface area contributed by atoms with Gasteiger partial charge in [0.1, 0.15) is 5.75 Å². The van der Waals surface area contributed by atoms with Crippen molar-refractivity contribution in [3.05, 3.63) is 29.3 Å². The first-order valence-electron chi connectivity index (χ1n) is 11.8. The molecule has 0 aliphatic carbocycles. The van der Waals surface area contributed by atoms with Crippen LogP contribution in [0.2, 0.25) is 0 Å². The second-order valence-electron chi connectivity index (χ2n) is 8.53. The molecule has 1 N–H and O–H groups in total. The molecule has 1 unspecified atom stereocenters. The number of rotatable bonds is 7. The fourth-order valence-corrected chi connectivity index (χ4v) is 4.53. The van der Waals surface area contributed by atoms with Crippen molar-refractivity contribution in [3.8, 4) is 5.75 Å². The first-order valence-corrected chi connectivity index (χ1v) is 11.8. The number of piperidine rings is 1. The van der Waals surface area contributed by atoms with Gasteiger partial charge < -0.3 is 24.4 Å². The number of nitrogens with one attached hydrogen (secondary N) is 1. The van der Waals surface area contributed by atoms with Gasteiger partial charge in [-0.2, -0.15) is 0 Å². The number of likely N-dealkylation sites (tertiary alicyclic amines) is 1. The SMILES string of the molecule is CCNC(=NCCc1ccc2c(c1)CCO2)N1CCC(OCC2CCCCO2)CC1. The van der Waals surface area contributed by atoms with Crippen LogP contribution in [-0.4, -0.2) is 69.1 Å². The van der Waals surface area contributed by atoms with Gasteiger partial charge in [0.25, 0.3) is 0 Å². The van der Waals surface area contributed by atoms with Crippen molar-refractivity contribution in [2.75, 3.05) is 46.0 Å². The number of fused-ring (bicyclic) bond motifs is 1. The summed E-state index contributed by atoms with van der Waals surface area (Å²) in [6.07, 6.45) is 8.38. The summed E-state index contributed by atoms with van der Waals surface area (Å²) in [7, 11) is 0. The smallest absolute Gasteiger partial charge is 0.193 e. The zero-order valence-electron chi connectivity index (χ0n) is 18.4. The van der Waals surface area contributed by atoms with Crippen molar-refractivity contribution in [1.82, 2.24) is 10.2 Å². The van der Waals surface area contributed by atoms with Crippen LogP contribution >= 0.6 is 0 Å². The molecule has 1 aromatic carbocycles. The normalized spacial score (nSPS) is 22.6. The largest absolute Gasteiger partial charge is 0.493 e. The summed E-state index contributed by atoms with van der Waals surface area (Å²) in [6, 6.07) is 6.56. The van der Waals surface area contributed by atoms with Crippen molar-refractivity contribution in [2.45, 2.75) is 64.1 Å². The van der Waals surface area contributed by atoms with Crippen LogP contribution in [0.4, 0.5) is 0 Å². The molecule has 0 spiro atoms. The third kappa shape index (κ3) is 5.88. The number of aliphatic imine (C=N–C) groups is 1. The molecule has 30 heavy (non-hydrogen) atoms. The first-order chi connectivity index (χ1) is 14.8. The highest BCUT2D eigenvalue weighted by Gasteiger charge is 2.23. The van der Waals surface area contributed by atoms with E-state index in [1.165, 1.54) is 24.0 Å². The molecule has 2 fully saturated rings. The van der Waals surface area contributed by atoms with Crippen molar-refractivity contribution in [1.29, 1.82) is 0 Å². The van der Waals surface area contributed by atoms with Gasteiger partial charge in [0.15, 0.2) is 5.96 Å². The van der Waals surface area contributed by atoms with E-state index < -0.39 is 0 Å². The molecule has 0 saturated carbocycles. The van der Waals surface area contributed by atoms with Gasteiger partial charge in [-0.1, -0.05) is 12.1 Å². The van der Waals surface area contributed by atoms with E-state index in [9.17, 15) is 0 Å². The maximum atomic E-state index is 6.16. The fraction of sp³-hybridized carbons (Fsp3) is 0.708. The van der Waals surface area contributed by atoms with E-state index in [1.807, 2.05) is 0 Å². The van der Waals surface area contributed by atoms with E-state index in [1.54, 1.807) is 0 Å². The van der Waals surface area contributed by atoms with E-state index in [-0.39, 0.29) is 0 Å². The molecule has 166 valence electrons. The minimum atomic E-state index is 0.307. The Morgan fingerprint density at radius 2 is 2.10 bits per heavy atom. The predicted octanol–water partition coefficient (Wildman–Crippen LogP) is 3.18. The van der Waals surface area contributed by atoms with Crippen LogP contribution in [-0.2, 0) is 22.3 Å². The van der Waals surface area contributed by atoms with Crippen LogP contribution in [0, 0.1) is 0 Å². The second kappa shape index (κ2) is 11.0. The predicted molar refractivity (Wildman–Crippen MR) is 119 cm³/mol. The molecule has 2 saturated heterocycles. The molecule has 0 radical (unpaired) electrons. The van der Waals surface area contributed by atoms with Gasteiger partial charge in [-0.15, -0.1) is 0 Å². The molecule has 3 heterocycles. The van der Waals surface area contributed by atoms with Crippen molar-refractivity contribution in [2.24, 2.45) is 4.99 Å². The molecule has 6 heteroatoms. The van der Waals surface area contributed by atoms with Gasteiger partial charge in [0, 0.05) is 39.2 Å². The molecule has 0 amide bonds. The van der Waals surface area contributed by atoms with Crippen LogP contribution in [0.25, 0.3) is 0 Å². The lowest BCUT2D eigenvalue weighted by Crippen LogP contribution is -2.47. The summed E-state index contributed by atoms with van der Waals surface area (Å²) in [5, 5.41) is 3.47. The summed E-state index contributed by atoms with van der Waals surface area (Å²) in [5.74, 6) is 2.09. The van der Waals surface area contributed by atoms with Crippen molar-refractivity contribution in [3.63, 3.8) is 0 Å². The number of ether oxygens (including phenoxy) is 3. The van der Waals surface area contributed by atoms with Crippen molar-refractivity contribution < 1.29 is 14.2 Å². The summed E-state index contributed by atoms with van der Waals surface area (Å²) < 4.78 is 17.6. The maximum Gasteiger partial charge on any atom is 0.193 e. The average Bonchev–Trinajstić information content (AvgIpc) is 3.26. The number of hydrogen-bond acceptors (Lipinski definition) is 4. The van der Waals surface area contributed by atoms with Crippen LogP contribution in [0.15, 0.2) is 23.2 Å². The van der Waals surface area contributed by atoms with Gasteiger partial charge in [-0.3, -0.25) is 4.99 Å². The van der Waals surface area contributed by atoms with Crippen molar-refractivity contribution >= 4 is 5.96 Å². The summed E-state index contributed by atoms with van der Waals surface area (Å²) in [6.45, 7) is 8.29. The van der Waals surface area contributed by atoms with Crippen LogP contribution in [0.1, 0.15) is 50.2 Å². The number of benzene rings is 1. The average molecular weight is 416 g/mol. The van der Waals surface area contributed by atoms with Gasteiger partial charge in [0.2, 0.25) is 0 Å². The van der Waals surface area contributed by atoms with Crippen LogP contribution in [0.3, 0.4) is 0 Å². The fourth-order valence-electron chi connectivity index (χ4n) is 4.53. The lowest BCUT2D eigenvalue weighted by molar-refractivity contribution is -0.0721. The van der Waals surface area contributed by atoms with E-state index in [4.69, 9.17) is 19.2 Å². The zero-order valence-corrected chi connectivity index (χ0v) is 18.4. The Bertz CT molecular complexity index is 695. The zero-order chi connectivity index (χ0) is 20.6. The van der Waals surface area contributed by atoms with Gasteiger partial charge >= 0.3 is 0 Å². The number of guanidine groups is 1. The Labute approximate surface area is 181 Å². The highest BCUT2D eigenvalue weighted by molar-refractivity contribution is 5.80. The molecule has 1 aromatic rings. The topological polar surface area (TPSA) is 55.3 Å². The molecule has 6 nitrogen and oxygen atoms in total. The number of nitrogens with zero attached hydrogens (tertiary/aromatic N) is 2. The highest BCUT2D eigenvalue weighted by atomic mass is 16.5. The molecule has 1 atom stereocenters. The third-order valence-corrected chi connectivity index (χ3v) is 6.28. The summed E-state index contributed by atoms with van der Waals surface area (Å²) in [5.41, 5.74) is 2.68. The second-order valence-corrected chi connectivity index (χ2v) is 8.53. The van der Waals surface area contributed by atoms with E-state index in [0.717, 1.165) is 89.8 Å². The molecule has 0 aromatic heterocycles. The standard InChI is InChI=1S/C24H37N3O3/c1-2-25-24(26-12-8-19-6-7-23-20(17-19)11-16-29-23)27-13-9-21(10-14-27)30-18-22-5-3-4-15-28-22/h6-7,17,21-22H,2-5,8-16,18H2,1H3,(H,25,26). The Kier molecular flexibility index (Phi) is 7.87. The number of hydrogen-bond donors (Lipinski definition) is 1. The Morgan fingerprint density at radius 1 is 1.20 bits per heavy atom. The lowest BCUT2D eigenvalue weighted by Gasteiger charge is -2.35. The van der Waals surface area contributed by atoms with Crippen LogP contribution < -0.4 is 10.1 Å². The summed E-state index contributed by atoms with van der Waals surface area (Å²) >= 11 is 0. The monoisotopic (exact) mass is 415 g/mol. The lowest BCUT2D eigenvalue weighted by atomic mass is 10.1. The third-order valence-electron chi connectivity index (χ3n) is 6.28. The van der Waals surface area contributed by atoms with E-state index >= 15 is 0 Å². The molecule has 3 aliphatic rings. The Balaban J connectivity index is 1.22. The van der Waals surface area contributed by atoms with Gasteiger partial charge in [-0.25, -0.2) is 0 Å². The quantitative estimate of drug-likeness (QED) is 0.548. The highest BCUT2D eigenvalue weighted by Crippen LogP contribution is 2.26. The molecule has 0 bridgehead atoms. The molecule has 3 aliphatic heterocycles. The van der Waals surface area contributed by atoms with Gasteiger partial charge in [0.05, 0.1) is 25.4 Å². The molecular weight excluding hydrogens is 378 g/mol. The van der Waals surface area contributed by atoms with E-state index in [2.05, 4.69) is 35.3 Å². The minimum absolute atomic E-state index is 0.307. The molecule has 4 rings (SSSR count). The first kappa shape index (κ1) is 21.4. The maximum absolute atomic E-state index is 6.16. The Hall–Kier alpha value is -1.79. The van der Waals surface area contributed by atoms with Crippen LogP contribution in [0.5, 0.6) is 5.75 Å². The molecular formula is C24H37N3O3. The Morgan fingerprint density at radius 3 is 2.90 bits per heavy atom. The minimum Gasteiger partial charge on any atom is -0.493 e. The van der Waals surface area contributed by atoms with E-state index in [0.29, 0.717) is 12.2 Å². The summed E-state index contributed by atoms with van der Waals surface area (Å²) in [4.78, 5) is 7.30. The van der Waals surface area contributed by atoms with Gasteiger partial charge in [-0.05, 0) is 62.6 Å².